The van der Waals surface area contributed by atoms with Crippen molar-refractivity contribution in [2.45, 2.75) is 19.8 Å². The van der Waals surface area contributed by atoms with Gasteiger partial charge in [0.05, 0.1) is 42.2 Å². The maximum absolute atomic E-state index is 8.48. The average molecular weight is 542 g/mol. The van der Waals surface area contributed by atoms with E-state index in [1.807, 2.05) is 36.4 Å². The van der Waals surface area contributed by atoms with Crippen LogP contribution >= 0.6 is 23.2 Å². The number of nitrogens with zero attached hydrogens (tertiary/aromatic N) is 3. The SMILES string of the molecule is ClCCl.OCc1ccccn1.OCc1ccccn1.OCc1ccccn1.[Cl-].[Cl-].[Ni+2]. The van der Waals surface area contributed by atoms with Gasteiger partial charge in [0, 0.05) is 18.6 Å². The Labute approximate surface area is 209 Å². The average Bonchev–Trinajstić information content (AvgIpc) is 2.77. The topological polar surface area (TPSA) is 99.4 Å². The summed E-state index contributed by atoms with van der Waals surface area (Å²) in [6.07, 6.45) is 4.97. The van der Waals surface area contributed by atoms with Crippen molar-refractivity contribution in [3.8, 4) is 0 Å². The fourth-order valence-corrected chi connectivity index (χ4v) is 1.47. The molecule has 6 nitrogen and oxygen atoms in total. The Morgan fingerprint density at radius 2 is 0.800 bits per heavy atom. The van der Waals surface area contributed by atoms with E-state index in [4.69, 9.17) is 38.5 Å². The van der Waals surface area contributed by atoms with Crippen LogP contribution in [0.1, 0.15) is 17.1 Å². The fourth-order valence-electron chi connectivity index (χ4n) is 1.47. The monoisotopic (exact) mass is 539 g/mol. The van der Waals surface area contributed by atoms with Crippen LogP contribution in [0.15, 0.2) is 73.2 Å². The Morgan fingerprint density at radius 1 is 0.567 bits per heavy atom. The third-order valence-corrected chi connectivity index (χ3v) is 2.66. The van der Waals surface area contributed by atoms with Crippen molar-refractivity contribution in [1.82, 2.24) is 15.0 Å². The van der Waals surface area contributed by atoms with Crippen LogP contribution in [0.3, 0.4) is 0 Å². The molecule has 3 heterocycles. The zero-order chi connectivity index (χ0) is 20.2. The van der Waals surface area contributed by atoms with Gasteiger partial charge in [-0.15, -0.1) is 23.2 Å². The van der Waals surface area contributed by atoms with Crippen molar-refractivity contribution < 1.29 is 56.6 Å². The van der Waals surface area contributed by atoms with E-state index in [2.05, 4.69) is 15.0 Å². The van der Waals surface area contributed by atoms with Crippen molar-refractivity contribution in [3.05, 3.63) is 90.3 Å². The van der Waals surface area contributed by atoms with E-state index in [9.17, 15) is 0 Å². The predicted molar refractivity (Wildman–Crippen MR) is 107 cm³/mol. The molecule has 0 aliphatic heterocycles. The molecule has 3 aromatic rings. The van der Waals surface area contributed by atoms with Crippen molar-refractivity contribution >= 4 is 23.2 Å². The van der Waals surface area contributed by atoms with Gasteiger partial charge in [-0.2, -0.15) is 0 Å². The Balaban J connectivity index is -0.000000151. The number of hydrogen-bond donors (Lipinski definition) is 3. The summed E-state index contributed by atoms with van der Waals surface area (Å²) in [6, 6.07) is 16.3. The molecule has 11 heteroatoms. The van der Waals surface area contributed by atoms with E-state index in [-0.39, 0.29) is 66.5 Å². The van der Waals surface area contributed by atoms with E-state index in [1.165, 1.54) is 0 Å². The standard InChI is InChI=1S/3C6H7NO.CH2Cl2.2ClH.Ni/c3*8-5-6-3-1-2-4-7-6;2-1-3;;;/h3*1-4,8H,5H2;1H2;2*1H;/q;;;;;;+2/p-2. The minimum Gasteiger partial charge on any atom is -1.00 e. The van der Waals surface area contributed by atoms with Gasteiger partial charge in [0.1, 0.15) is 0 Å². The van der Waals surface area contributed by atoms with E-state index in [0.717, 1.165) is 0 Å². The Hall–Kier alpha value is -1.02. The van der Waals surface area contributed by atoms with Crippen LogP contribution in [0.2, 0.25) is 0 Å². The number of rotatable bonds is 3. The van der Waals surface area contributed by atoms with Crippen molar-refractivity contribution in [3.63, 3.8) is 0 Å². The third kappa shape index (κ3) is 21.7. The van der Waals surface area contributed by atoms with Gasteiger partial charge in [-0.25, -0.2) is 0 Å². The molecule has 3 N–H and O–H groups in total. The predicted octanol–water partition coefficient (Wildman–Crippen LogP) is -2.85. The zero-order valence-electron chi connectivity index (χ0n) is 15.8. The number of aliphatic hydroxyl groups excluding tert-OH is 3. The molecule has 170 valence electrons. The van der Waals surface area contributed by atoms with Gasteiger partial charge in [0.15, 0.2) is 0 Å². The summed E-state index contributed by atoms with van der Waals surface area (Å²) in [5.41, 5.74) is 2.15. The number of alkyl halides is 2. The van der Waals surface area contributed by atoms with Gasteiger partial charge in [0.2, 0.25) is 0 Å². The molecule has 0 bridgehead atoms. The number of pyridine rings is 3. The smallest absolute Gasteiger partial charge is 1.00 e. The summed E-state index contributed by atoms with van der Waals surface area (Å²) in [5, 5.41) is 25.6. The normalized spacial score (nSPS) is 7.90. The number of aromatic nitrogens is 3. The molecule has 0 radical (unpaired) electrons. The summed E-state index contributed by atoms with van der Waals surface area (Å²) in [6.45, 7) is 0.0858. The van der Waals surface area contributed by atoms with Gasteiger partial charge < -0.3 is 40.1 Å². The molecule has 3 rings (SSSR count). The van der Waals surface area contributed by atoms with Crippen LogP contribution in [0.25, 0.3) is 0 Å². The molecule has 0 saturated heterocycles. The van der Waals surface area contributed by atoms with E-state index in [0.29, 0.717) is 17.1 Å². The zero-order valence-corrected chi connectivity index (χ0v) is 19.8. The second-order valence-electron chi connectivity index (χ2n) is 4.54. The second-order valence-corrected chi connectivity index (χ2v) is 5.35. The molecule has 0 aliphatic rings. The molecule has 0 spiro atoms. The molecule has 3 aromatic heterocycles. The van der Waals surface area contributed by atoms with Gasteiger partial charge in [-0.1, -0.05) is 18.2 Å². The summed E-state index contributed by atoms with van der Waals surface area (Å²) < 4.78 is 0. The Kier molecular flexibility index (Phi) is 33.9. The molecule has 0 saturated carbocycles. The summed E-state index contributed by atoms with van der Waals surface area (Å²) in [5.74, 6) is 0. The first kappa shape index (κ1) is 36.4. The van der Waals surface area contributed by atoms with Crippen LogP contribution < -0.4 is 24.8 Å². The maximum Gasteiger partial charge on any atom is 2.00 e. The van der Waals surface area contributed by atoms with Crippen LogP contribution in [-0.4, -0.2) is 35.6 Å². The molecule has 0 aliphatic carbocycles. The van der Waals surface area contributed by atoms with E-state index in [1.54, 1.807) is 36.8 Å². The Morgan fingerprint density at radius 3 is 0.900 bits per heavy atom. The van der Waals surface area contributed by atoms with Crippen molar-refractivity contribution in [2.75, 3.05) is 5.34 Å². The third-order valence-electron chi connectivity index (χ3n) is 2.66. The Bertz CT molecular complexity index is 582. The first-order valence-corrected chi connectivity index (χ1v) is 8.92. The molecule has 0 fully saturated rings. The molecular weight excluding hydrogens is 519 g/mol. The largest absolute Gasteiger partial charge is 2.00 e. The minimum atomic E-state index is 0. The van der Waals surface area contributed by atoms with Crippen LogP contribution in [0.5, 0.6) is 0 Å². The quantitative estimate of drug-likeness (QED) is 0.244. The first-order valence-electron chi connectivity index (χ1n) is 7.86. The van der Waals surface area contributed by atoms with Crippen molar-refractivity contribution in [2.24, 2.45) is 0 Å². The molecular formula is C19H23Cl4N3NiO3. The second kappa shape index (κ2) is 28.0. The van der Waals surface area contributed by atoms with Gasteiger partial charge >= 0.3 is 16.5 Å². The first-order chi connectivity index (χ1) is 13.2. The number of halogens is 4. The summed E-state index contributed by atoms with van der Waals surface area (Å²) in [4.78, 5) is 11.5. The molecule has 0 amide bonds. The van der Waals surface area contributed by atoms with Gasteiger partial charge in [-0.3, -0.25) is 15.0 Å². The molecule has 30 heavy (non-hydrogen) atoms. The van der Waals surface area contributed by atoms with Gasteiger partial charge in [0.25, 0.3) is 0 Å². The van der Waals surface area contributed by atoms with Crippen molar-refractivity contribution in [1.29, 1.82) is 0 Å². The summed E-state index contributed by atoms with van der Waals surface area (Å²) in [7, 11) is 0. The molecule has 0 aromatic carbocycles. The van der Waals surface area contributed by atoms with Crippen LogP contribution in [0.4, 0.5) is 0 Å². The van der Waals surface area contributed by atoms with E-state index >= 15 is 0 Å². The molecule has 0 atom stereocenters. The molecule has 0 unspecified atom stereocenters. The summed E-state index contributed by atoms with van der Waals surface area (Å²) >= 11 is 9.53. The fraction of sp³-hybridized carbons (Fsp3) is 0.211. The van der Waals surface area contributed by atoms with Crippen LogP contribution in [-0.2, 0) is 36.3 Å². The maximum atomic E-state index is 8.48. The van der Waals surface area contributed by atoms with Crippen LogP contribution in [0, 0.1) is 0 Å². The minimum absolute atomic E-state index is 0. The number of hydrogen-bond acceptors (Lipinski definition) is 6. The van der Waals surface area contributed by atoms with Gasteiger partial charge in [-0.05, 0) is 36.4 Å². The van der Waals surface area contributed by atoms with E-state index < -0.39 is 0 Å². The number of aliphatic hydroxyl groups is 3.